The number of anilines is 1. The smallest absolute Gasteiger partial charge is 0.134 e. The largest absolute Gasteiger partial charge is 0.507 e. The third-order valence-electron chi connectivity index (χ3n) is 6.29. The summed E-state index contributed by atoms with van der Waals surface area (Å²) in [5.41, 5.74) is 6.70. The maximum atomic E-state index is 11.2. The van der Waals surface area contributed by atoms with Gasteiger partial charge in [0.25, 0.3) is 0 Å². The second-order valence-corrected chi connectivity index (χ2v) is 8.61. The number of nitrogens with one attached hydrogen (secondary N) is 1. The molecule has 4 aromatic carbocycles. The zero-order chi connectivity index (χ0) is 23.3. The standard InChI is InChI=1S/C31H29NO2/c1-2-3-17-30-28(25-16-10-11-18-29(25)34-30)21-32-24-19-26(22-12-6-4-7-13-22)31(33)27(20-24)23-14-8-5-9-15-23/h4-16,18-20,32-33H,2-3,17,21H2,1H3. The van der Waals surface area contributed by atoms with Crippen molar-refractivity contribution >= 4 is 16.7 Å². The number of unbranched alkanes of at least 4 members (excludes halogenated alkanes) is 1. The normalized spacial score (nSPS) is 11.1. The first-order chi connectivity index (χ1) is 16.7. The number of fused-ring (bicyclic) bond motifs is 1. The first-order valence-electron chi connectivity index (χ1n) is 12.0. The Balaban J connectivity index is 1.55. The minimum absolute atomic E-state index is 0.292. The fourth-order valence-corrected chi connectivity index (χ4v) is 4.49. The maximum Gasteiger partial charge on any atom is 0.134 e. The Morgan fingerprint density at radius 3 is 1.97 bits per heavy atom. The van der Waals surface area contributed by atoms with Crippen molar-refractivity contribution in [3.05, 3.63) is 108 Å². The Labute approximate surface area is 200 Å². The van der Waals surface area contributed by atoms with Gasteiger partial charge in [-0.3, -0.25) is 0 Å². The van der Waals surface area contributed by atoms with E-state index in [-0.39, 0.29) is 0 Å². The van der Waals surface area contributed by atoms with Gasteiger partial charge in [0.1, 0.15) is 17.1 Å². The first-order valence-corrected chi connectivity index (χ1v) is 12.0. The van der Waals surface area contributed by atoms with Gasteiger partial charge >= 0.3 is 0 Å². The van der Waals surface area contributed by atoms with Gasteiger partial charge in [-0.1, -0.05) is 92.2 Å². The molecule has 34 heavy (non-hydrogen) atoms. The van der Waals surface area contributed by atoms with Crippen molar-refractivity contribution in [2.24, 2.45) is 0 Å². The van der Waals surface area contributed by atoms with Crippen molar-refractivity contribution in [2.45, 2.75) is 32.7 Å². The number of hydrogen-bond donors (Lipinski definition) is 2. The average Bonchev–Trinajstić information content (AvgIpc) is 3.25. The lowest BCUT2D eigenvalue weighted by Gasteiger charge is -2.15. The van der Waals surface area contributed by atoms with Crippen LogP contribution in [0.2, 0.25) is 0 Å². The number of phenols is 1. The van der Waals surface area contributed by atoms with E-state index in [0.717, 1.165) is 63.9 Å². The summed E-state index contributed by atoms with van der Waals surface area (Å²) in [6.07, 6.45) is 3.16. The van der Waals surface area contributed by atoms with Gasteiger partial charge in [0.15, 0.2) is 0 Å². The van der Waals surface area contributed by atoms with Crippen LogP contribution in [0.3, 0.4) is 0 Å². The quantitative estimate of drug-likeness (QED) is 0.235. The van der Waals surface area contributed by atoms with E-state index in [4.69, 9.17) is 4.42 Å². The van der Waals surface area contributed by atoms with E-state index in [0.29, 0.717) is 12.3 Å². The van der Waals surface area contributed by atoms with E-state index in [1.165, 1.54) is 5.56 Å². The number of rotatable bonds is 8. The van der Waals surface area contributed by atoms with Crippen molar-refractivity contribution in [1.29, 1.82) is 0 Å². The van der Waals surface area contributed by atoms with Crippen LogP contribution >= 0.6 is 0 Å². The summed E-state index contributed by atoms with van der Waals surface area (Å²) < 4.78 is 6.21. The zero-order valence-corrected chi connectivity index (χ0v) is 19.4. The van der Waals surface area contributed by atoms with E-state index in [1.807, 2.05) is 84.9 Å². The molecular weight excluding hydrogens is 418 g/mol. The Morgan fingerprint density at radius 2 is 1.35 bits per heavy atom. The van der Waals surface area contributed by atoms with Crippen molar-refractivity contribution < 1.29 is 9.52 Å². The Morgan fingerprint density at radius 1 is 0.765 bits per heavy atom. The monoisotopic (exact) mass is 447 g/mol. The lowest BCUT2D eigenvalue weighted by atomic mass is 9.96. The van der Waals surface area contributed by atoms with Crippen molar-refractivity contribution in [2.75, 3.05) is 5.32 Å². The zero-order valence-electron chi connectivity index (χ0n) is 19.4. The second kappa shape index (κ2) is 9.88. The van der Waals surface area contributed by atoms with Gasteiger partial charge in [-0.05, 0) is 35.7 Å². The van der Waals surface area contributed by atoms with E-state index in [9.17, 15) is 5.11 Å². The Kier molecular flexibility index (Phi) is 6.35. The van der Waals surface area contributed by atoms with Crippen molar-refractivity contribution in [3.63, 3.8) is 0 Å². The topological polar surface area (TPSA) is 45.4 Å². The molecule has 0 aliphatic heterocycles. The van der Waals surface area contributed by atoms with Crippen LogP contribution in [0.5, 0.6) is 5.75 Å². The lowest BCUT2D eigenvalue weighted by Crippen LogP contribution is -2.02. The first kappa shape index (κ1) is 21.8. The predicted octanol–water partition coefficient (Wildman–Crippen LogP) is 8.43. The molecule has 0 amide bonds. The van der Waals surface area contributed by atoms with E-state index in [1.54, 1.807) is 0 Å². The Hall–Kier alpha value is -3.98. The molecule has 0 atom stereocenters. The summed E-state index contributed by atoms with van der Waals surface area (Å²) in [5, 5.41) is 16.0. The van der Waals surface area contributed by atoms with Gasteiger partial charge in [0, 0.05) is 40.7 Å². The second-order valence-electron chi connectivity index (χ2n) is 8.61. The molecule has 3 nitrogen and oxygen atoms in total. The summed E-state index contributed by atoms with van der Waals surface area (Å²) in [4.78, 5) is 0. The number of benzene rings is 4. The van der Waals surface area contributed by atoms with Crippen LogP contribution in [0, 0.1) is 0 Å². The van der Waals surface area contributed by atoms with Crippen LogP contribution in [-0.4, -0.2) is 5.11 Å². The molecule has 1 heterocycles. The summed E-state index contributed by atoms with van der Waals surface area (Å²) in [7, 11) is 0. The minimum Gasteiger partial charge on any atom is -0.507 e. The maximum absolute atomic E-state index is 11.2. The fraction of sp³-hybridized carbons (Fsp3) is 0.161. The molecule has 170 valence electrons. The van der Waals surface area contributed by atoms with Gasteiger partial charge in [-0.15, -0.1) is 0 Å². The van der Waals surface area contributed by atoms with E-state index >= 15 is 0 Å². The van der Waals surface area contributed by atoms with Gasteiger partial charge in [0.05, 0.1) is 0 Å². The summed E-state index contributed by atoms with van der Waals surface area (Å²) in [5.74, 6) is 1.35. The third-order valence-corrected chi connectivity index (χ3v) is 6.29. The van der Waals surface area contributed by atoms with Gasteiger partial charge in [-0.2, -0.15) is 0 Å². The van der Waals surface area contributed by atoms with Crippen molar-refractivity contribution in [1.82, 2.24) is 0 Å². The molecule has 5 rings (SSSR count). The highest BCUT2D eigenvalue weighted by molar-refractivity contribution is 5.86. The molecule has 0 saturated heterocycles. The molecule has 0 fully saturated rings. The number of aryl methyl sites for hydroxylation is 1. The molecule has 0 saturated carbocycles. The minimum atomic E-state index is 0.292. The SMILES string of the molecule is CCCCc1oc2ccccc2c1CNc1cc(-c2ccccc2)c(O)c(-c2ccccc2)c1. The summed E-state index contributed by atoms with van der Waals surface area (Å²) >= 11 is 0. The van der Waals surface area contributed by atoms with Gasteiger partial charge in [-0.25, -0.2) is 0 Å². The molecule has 1 aromatic heterocycles. The van der Waals surface area contributed by atoms with Gasteiger partial charge < -0.3 is 14.8 Å². The number of aromatic hydroxyl groups is 1. The molecule has 0 radical (unpaired) electrons. The molecule has 3 heteroatoms. The summed E-state index contributed by atoms with van der Waals surface area (Å²) in [6, 6.07) is 32.4. The molecule has 0 bridgehead atoms. The number of furan rings is 1. The fourth-order valence-electron chi connectivity index (χ4n) is 4.49. The van der Waals surface area contributed by atoms with Gasteiger partial charge in [0.2, 0.25) is 0 Å². The number of hydrogen-bond acceptors (Lipinski definition) is 3. The molecule has 5 aromatic rings. The van der Waals surface area contributed by atoms with Crippen LogP contribution in [-0.2, 0) is 13.0 Å². The third kappa shape index (κ3) is 4.42. The molecular formula is C31H29NO2. The highest BCUT2D eigenvalue weighted by Gasteiger charge is 2.16. The molecule has 0 spiro atoms. The summed E-state index contributed by atoms with van der Waals surface area (Å²) in [6.45, 7) is 2.86. The van der Waals surface area contributed by atoms with Crippen LogP contribution in [0.15, 0.2) is 101 Å². The molecule has 0 unspecified atom stereocenters. The van der Waals surface area contributed by atoms with Crippen molar-refractivity contribution in [3.8, 4) is 28.0 Å². The van der Waals surface area contributed by atoms with Crippen LogP contribution in [0.4, 0.5) is 5.69 Å². The molecule has 0 aliphatic rings. The van der Waals surface area contributed by atoms with Crippen LogP contribution in [0.25, 0.3) is 33.2 Å². The molecule has 2 N–H and O–H groups in total. The van der Waals surface area contributed by atoms with E-state index in [2.05, 4.69) is 24.4 Å². The number of phenolic OH excluding ortho intramolecular Hbond substituents is 1. The van der Waals surface area contributed by atoms with Crippen LogP contribution < -0.4 is 5.32 Å². The average molecular weight is 448 g/mol. The van der Waals surface area contributed by atoms with Crippen LogP contribution in [0.1, 0.15) is 31.1 Å². The molecule has 0 aliphatic carbocycles. The predicted molar refractivity (Wildman–Crippen MR) is 141 cm³/mol. The van der Waals surface area contributed by atoms with E-state index < -0.39 is 0 Å². The highest BCUT2D eigenvalue weighted by Crippen LogP contribution is 2.41. The highest BCUT2D eigenvalue weighted by atomic mass is 16.3. The number of para-hydroxylation sites is 1. The lowest BCUT2D eigenvalue weighted by molar-refractivity contribution is 0.479. The Bertz CT molecular complexity index is 1330.